The molecule has 0 saturated carbocycles. The van der Waals surface area contributed by atoms with E-state index in [0.29, 0.717) is 0 Å². The molecule has 2 aromatic carbocycles. The van der Waals surface area contributed by atoms with Gasteiger partial charge in [0.15, 0.2) is 0 Å². The molecule has 0 aromatic heterocycles. The first-order valence-corrected chi connectivity index (χ1v) is 11.5. The summed E-state index contributed by atoms with van der Waals surface area (Å²) in [6.45, 7) is 2.32. The van der Waals surface area contributed by atoms with Crippen LogP contribution in [0.4, 0.5) is 0 Å². The third-order valence-electron chi connectivity index (χ3n) is 2.40. The first-order valence-electron chi connectivity index (χ1n) is 4.88. The van der Waals surface area contributed by atoms with Gasteiger partial charge in [0.05, 0.1) is 0 Å². The van der Waals surface area contributed by atoms with Crippen LogP contribution < -0.4 is 3.07 Å². The van der Waals surface area contributed by atoms with Crippen molar-refractivity contribution in [2.45, 2.75) is 10.9 Å². The van der Waals surface area contributed by atoms with Crippen molar-refractivity contribution < 1.29 is 24.6 Å². The van der Waals surface area contributed by atoms with Crippen molar-refractivity contribution in [1.29, 1.82) is 0 Å². The summed E-state index contributed by atoms with van der Waals surface area (Å²) in [5.41, 5.74) is 0. The quantitative estimate of drug-likeness (QED) is 0.726. The fraction of sp³-hybridized carbons (Fsp3) is 0.167. The van der Waals surface area contributed by atoms with Gasteiger partial charge >= 0.3 is 91.7 Å². The molecule has 0 nitrogen and oxygen atoms in total. The molecule has 0 amide bonds. The molecule has 0 aliphatic rings. The monoisotopic (exact) mass is 358 g/mol. The Morgan fingerprint density at radius 2 is 1.77 bits per heavy atom. The van der Waals surface area contributed by atoms with Crippen molar-refractivity contribution in [3.8, 4) is 0 Å². The van der Waals surface area contributed by atoms with Gasteiger partial charge in [-0.2, -0.15) is 0 Å². The van der Waals surface area contributed by atoms with Gasteiger partial charge in [0.2, 0.25) is 0 Å². The molecular formula is C12H12Hg. The van der Waals surface area contributed by atoms with Gasteiger partial charge in [-0.3, -0.25) is 0 Å². The standard InChI is InChI=1S/C10H7.C2H5.Hg/c1-2-6-10-8-4-3-7-9(10)5-1;1-2;/h1-7H;1H2,2H3;. The fourth-order valence-electron chi connectivity index (χ4n) is 1.78. The topological polar surface area (TPSA) is 0 Å². The Balaban J connectivity index is 2.61. The van der Waals surface area contributed by atoms with E-state index in [1.807, 2.05) is 0 Å². The average Bonchev–Trinajstić information content (AvgIpc) is 2.19. The molecule has 1 heteroatoms. The van der Waals surface area contributed by atoms with Gasteiger partial charge in [-0.05, 0) is 0 Å². The van der Waals surface area contributed by atoms with Crippen molar-refractivity contribution in [2.24, 2.45) is 0 Å². The van der Waals surface area contributed by atoms with Crippen LogP contribution in [0.1, 0.15) is 6.92 Å². The number of fused-ring (bicyclic) bond motifs is 1. The summed E-state index contributed by atoms with van der Waals surface area (Å²) in [4.78, 5) is 0. The zero-order valence-corrected chi connectivity index (χ0v) is 13.5. The zero-order valence-electron chi connectivity index (χ0n) is 7.96. The number of hydrogen-bond donors (Lipinski definition) is 0. The molecule has 0 aliphatic heterocycles. The summed E-state index contributed by atoms with van der Waals surface area (Å²) in [7, 11) is 0. The van der Waals surface area contributed by atoms with E-state index >= 15 is 0 Å². The first kappa shape index (κ1) is 9.20. The van der Waals surface area contributed by atoms with E-state index in [9.17, 15) is 0 Å². The van der Waals surface area contributed by atoms with Crippen molar-refractivity contribution in [2.75, 3.05) is 0 Å². The third-order valence-corrected chi connectivity index (χ3v) is 8.83. The van der Waals surface area contributed by atoms with Gasteiger partial charge in [0.25, 0.3) is 0 Å². The Hall–Kier alpha value is -0.365. The number of hydrogen-bond acceptors (Lipinski definition) is 0. The van der Waals surface area contributed by atoms with Crippen LogP contribution in [0, 0.1) is 0 Å². The van der Waals surface area contributed by atoms with E-state index in [4.69, 9.17) is 0 Å². The van der Waals surface area contributed by atoms with Gasteiger partial charge in [0, 0.05) is 0 Å². The molecule has 0 radical (unpaired) electrons. The maximum absolute atomic E-state index is 2.33. The van der Waals surface area contributed by atoms with Crippen LogP contribution in [-0.2, 0) is 24.6 Å². The van der Waals surface area contributed by atoms with Crippen LogP contribution >= 0.6 is 0 Å². The van der Waals surface area contributed by atoms with Crippen LogP contribution in [0.5, 0.6) is 0 Å². The van der Waals surface area contributed by atoms with Crippen molar-refractivity contribution in [1.82, 2.24) is 0 Å². The summed E-state index contributed by atoms with van der Waals surface area (Å²) in [5, 5.41) is 2.92. The molecule has 62 valence electrons. The zero-order chi connectivity index (χ0) is 9.10. The third kappa shape index (κ3) is 1.93. The minimum absolute atomic E-state index is 0.746. The van der Waals surface area contributed by atoms with Gasteiger partial charge in [0.1, 0.15) is 0 Å². The Labute approximate surface area is 91.4 Å². The molecule has 0 heterocycles. The molecule has 0 spiro atoms. The Kier molecular flexibility index (Phi) is 2.99. The van der Waals surface area contributed by atoms with Gasteiger partial charge in [-0.25, -0.2) is 0 Å². The summed E-state index contributed by atoms with van der Waals surface area (Å²) < 4.78 is 3.13. The van der Waals surface area contributed by atoms with Crippen LogP contribution in [0.2, 0.25) is 3.93 Å². The molecule has 0 unspecified atom stereocenters. The molecule has 0 atom stereocenters. The summed E-state index contributed by atoms with van der Waals surface area (Å²) in [5.74, 6) is 0. The maximum atomic E-state index is 2.33. The Morgan fingerprint density at radius 1 is 1.00 bits per heavy atom. The minimum atomic E-state index is -0.746. The molecule has 2 rings (SSSR count). The number of rotatable bonds is 2. The second-order valence-electron chi connectivity index (χ2n) is 3.39. The molecule has 0 aliphatic carbocycles. The van der Waals surface area contributed by atoms with Crippen molar-refractivity contribution in [3.05, 3.63) is 42.5 Å². The van der Waals surface area contributed by atoms with E-state index in [-0.39, 0.29) is 0 Å². The number of benzene rings is 2. The van der Waals surface area contributed by atoms with Gasteiger partial charge in [-0.15, -0.1) is 0 Å². The molecule has 13 heavy (non-hydrogen) atoms. The molecule has 0 fully saturated rings. The second-order valence-corrected chi connectivity index (χ2v) is 12.2. The van der Waals surface area contributed by atoms with Crippen molar-refractivity contribution in [3.63, 3.8) is 0 Å². The van der Waals surface area contributed by atoms with Crippen LogP contribution in [0.15, 0.2) is 42.5 Å². The van der Waals surface area contributed by atoms with E-state index in [0.717, 1.165) is 0 Å². The van der Waals surface area contributed by atoms with Crippen LogP contribution in [0.25, 0.3) is 10.8 Å². The predicted octanol–water partition coefficient (Wildman–Crippen LogP) is 2.99. The van der Waals surface area contributed by atoms with E-state index in [2.05, 4.69) is 49.4 Å². The predicted molar refractivity (Wildman–Crippen MR) is 54.1 cm³/mol. The van der Waals surface area contributed by atoms with Gasteiger partial charge < -0.3 is 0 Å². The fourth-order valence-corrected chi connectivity index (χ4v) is 7.35. The molecule has 2 aromatic rings. The molecule has 0 bridgehead atoms. The Morgan fingerprint density at radius 3 is 2.62 bits per heavy atom. The van der Waals surface area contributed by atoms with E-state index in [1.165, 1.54) is 14.7 Å². The summed E-state index contributed by atoms with van der Waals surface area (Å²) in [6.07, 6.45) is 0. The molecule has 0 N–H and O–H groups in total. The van der Waals surface area contributed by atoms with Crippen LogP contribution in [-0.4, -0.2) is 0 Å². The summed E-state index contributed by atoms with van der Waals surface area (Å²) in [6, 6.07) is 15.5. The van der Waals surface area contributed by atoms with Crippen molar-refractivity contribution >= 4 is 13.8 Å². The average molecular weight is 357 g/mol. The molecular weight excluding hydrogens is 345 g/mol. The second kappa shape index (κ2) is 4.23. The molecule has 0 saturated heterocycles. The normalized spacial score (nSPS) is 9.92. The van der Waals surface area contributed by atoms with E-state index < -0.39 is 24.6 Å². The van der Waals surface area contributed by atoms with E-state index in [1.54, 1.807) is 3.07 Å². The first-order chi connectivity index (χ1) is 6.42. The SMILES string of the molecule is C[CH2][Hg][c]1cccc2ccccc12. The summed E-state index contributed by atoms with van der Waals surface area (Å²) >= 11 is -0.746. The van der Waals surface area contributed by atoms with Gasteiger partial charge in [-0.1, -0.05) is 0 Å². The van der Waals surface area contributed by atoms with Crippen LogP contribution in [0.3, 0.4) is 0 Å². The Bertz CT molecular complexity index is 401.